The van der Waals surface area contributed by atoms with Crippen LogP contribution in [-0.4, -0.2) is 36.1 Å². The number of piperidine rings is 1. The van der Waals surface area contributed by atoms with Gasteiger partial charge < -0.3 is 10.2 Å². The van der Waals surface area contributed by atoms with Gasteiger partial charge in [0.15, 0.2) is 0 Å². The lowest BCUT2D eigenvalue weighted by atomic mass is 10.1. The minimum Gasteiger partial charge on any atom is -0.354 e. The third-order valence-corrected chi connectivity index (χ3v) is 3.56. The first-order valence-corrected chi connectivity index (χ1v) is 6.26. The summed E-state index contributed by atoms with van der Waals surface area (Å²) >= 11 is 2.28. The van der Waals surface area contributed by atoms with Crippen molar-refractivity contribution < 1.29 is 0 Å². The van der Waals surface area contributed by atoms with Crippen molar-refractivity contribution in [1.29, 1.82) is 0 Å². The van der Waals surface area contributed by atoms with E-state index >= 15 is 0 Å². The molecule has 2 rings (SSSR count). The average molecular weight is 318 g/mol. The molecule has 1 aromatic heterocycles. The Labute approximate surface area is 104 Å². The molecule has 0 aromatic carbocycles. The van der Waals surface area contributed by atoms with E-state index in [0.717, 1.165) is 22.5 Å². The normalized spacial score (nSPS) is 21.3. The molecule has 2 heterocycles. The van der Waals surface area contributed by atoms with Gasteiger partial charge in [0.2, 0.25) is 0 Å². The average Bonchev–Trinajstić information content (AvgIpc) is 2.30. The van der Waals surface area contributed by atoms with Crippen molar-refractivity contribution in [1.82, 2.24) is 15.3 Å². The molecule has 0 bridgehead atoms. The summed E-state index contributed by atoms with van der Waals surface area (Å²) < 4.78 is 1.11. The number of rotatable bonds is 2. The summed E-state index contributed by atoms with van der Waals surface area (Å²) in [6, 6.07) is 0.558. The van der Waals surface area contributed by atoms with E-state index in [2.05, 4.69) is 49.8 Å². The fraction of sp³-hybridized carbons (Fsp3) is 0.600. The van der Waals surface area contributed by atoms with E-state index in [9.17, 15) is 0 Å². The van der Waals surface area contributed by atoms with Crippen molar-refractivity contribution in [2.75, 3.05) is 25.0 Å². The fourth-order valence-electron chi connectivity index (χ4n) is 1.90. The molecule has 82 valence electrons. The molecule has 1 aliphatic heterocycles. The number of nitrogens with zero attached hydrogens (tertiary/aromatic N) is 3. The topological polar surface area (TPSA) is 41.1 Å². The highest BCUT2D eigenvalue weighted by Gasteiger charge is 2.20. The van der Waals surface area contributed by atoms with E-state index in [1.807, 2.05) is 6.20 Å². The smallest absolute Gasteiger partial charge is 0.145 e. The first-order chi connectivity index (χ1) is 7.29. The number of halogens is 1. The molecule has 0 aliphatic carbocycles. The van der Waals surface area contributed by atoms with Crippen LogP contribution in [0.5, 0.6) is 0 Å². The molecule has 0 amide bonds. The molecular weight excluding hydrogens is 303 g/mol. The zero-order chi connectivity index (χ0) is 10.7. The molecular formula is C10H15IN4. The van der Waals surface area contributed by atoms with Gasteiger partial charge in [-0.2, -0.15) is 0 Å². The van der Waals surface area contributed by atoms with Crippen LogP contribution in [0.4, 0.5) is 5.82 Å². The highest BCUT2D eigenvalue weighted by Crippen LogP contribution is 2.21. The maximum Gasteiger partial charge on any atom is 0.145 e. The van der Waals surface area contributed by atoms with E-state index in [-0.39, 0.29) is 0 Å². The lowest BCUT2D eigenvalue weighted by Crippen LogP contribution is -2.44. The van der Waals surface area contributed by atoms with Crippen LogP contribution < -0.4 is 10.2 Å². The second-order valence-electron chi connectivity index (χ2n) is 3.81. The molecule has 1 saturated heterocycles. The van der Waals surface area contributed by atoms with Crippen LogP contribution in [-0.2, 0) is 0 Å². The van der Waals surface area contributed by atoms with Crippen LogP contribution >= 0.6 is 22.6 Å². The second kappa shape index (κ2) is 5.07. The quantitative estimate of drug-likeness (QED) is 0.834. The highest BCUT2D eigenvalue weighted by atomic mass is 127. The summed E-state index contributed by atoms with van der Waals surface area (Å²) in [5, 5.41) is 3.42. The molecule has 1 unspecified atom stereocenters. The monoisotopic (exact) mass is 318 g/mol. The van der Waals surface area contributed by atoms with Crippen molar-refractivity contribution in [2.45, 2.75) is 18.9 Å². The van der Waals surface area contributed by atoms with Gasteiger partial charge in [0.1, 0.15) is 12.1 Å². The third-order valence-electron chi connectivity index (χ3n) is 2.80. The Hall–Kier alpha value is -0.430. The predicted molar refractivity (Wildman–Crippen MR) is 69.0 cm³/mol. The standard InChI is InChI=1S/C10H15IN4/c1-15(8-3-2-4-12-5-8)10-9(11)6-13-7-14-10/h6-8,12H,2-5H2,1H3. The van der Waals surface area contributed by atoms with Crippen molar-refractivity contribution in [2.24, 2.45) is 0 Å². The van der Waals surface area contributed by atoms with Gasteiger partial charge in [0, 0.05) is 25.8 Å². The fourth-order valence-corrected chi connectivity index (χ4v) is 2.58. The van der Waals surface area contributed by atoms with Gasteiger partial charge in [0.25, 0.3) is 0 Å². The van der Waals surface area contributed by atoms with Gasteiger partial charge in [-0.3, -0.25) is 0 Å². The molecule has 0 saturated carbocycles. The molecule has 5 heteroatoms. The maximum absolute atomic E-state index is 4.33. The van der Waals surface area contributed by atoms with Gasteiger partial charge >= 0.3 is 0 Å². The summed E-state index contributed by atoms with van der Waals surface area (Å²) in [5.74, 6) is 1.04. The van der Waals surface area contributed by atoms with Crippen molar-refractivity contribution in [3.8, 4) is 0 Å². The predicted octanol–water partition coefficient (Wildman–Crippen LogP) is 1.27. The highest BCUT2D eigenvalue weighted by molar-refractivity contribution is 14.1. The third kappa shape index (κ3) is 2.57. The van der Waals surface area contributed by atoms with E-state index < -0.39 is 0 Å². The largest absolute Gasteiger partial charge is 0.354 e. The molecule has 0 spiro atoms. The number of likely N-dealkylation sites (N-methyl/N-ethyl adjacent to an activating group) is 1. The Bertz CT molecular complexity index is 325. The number of anilines is 1. The van der Waals surface area contributed by atoms with Gasteiger partial charge in [-0.1, -0.05) is 0 Å². The first-order valence-electron chi connectivity index (χ1n) is 5.18. The minimum absolute atomic E-state index is 0.558. The zero-order valence-electron chi connectivity index (χ0n) is 8.78. The SMILES string of the molecule is CN(c1ncncc1I)C1CCCNC1. The maximum atomic E-state index is 4.33. The van der Waals surface area contributed by atoms with Crippen molar-refractivity contribution in [3.63, 3.8) is 0 Å². The molecule has 1 fully saturated rings. The lowest BCUT2D eigenvalue weighted by Gasteiger charge is -2.32. The molecule has 4 nitrogen and oxygen atoms in total. The number of hydrogen-bond donors (Lipinski definition) is 1. The van der Waals surface area contributed by atoms with Gasteiger partial charge in [-0.05, 0) is 42.0 Å². The molecule has 1 aromatic rings. The van der Waals surface area contributed by atoms with Gasteiger partial charge in [-0.25, -0.2) is 9.97 Å². The van der Waals surface area contributed by atoms with E-state index in [1.165, 1.54) is 12.8 Å². The minimum atomic E-state index is 0.558. The van der Waals surface area contributed by atoms with Crippen molar-refractivity contribution >= 4 is 28.4 Å². The van der Waals surface area contributed by atoms with Gasteiger partial charge in [0.05, 0.1) is 3.57 Å². The molecule has 0 radical (unpaired) electrons. The van der Waals surface area contributed by atoms with Crippen molar-refractivity contribution in [3.05, 3.63) is 16.1 Å². The zero-order valence-corrected chi connectivity index (χ0v) is 10.9. The van der Waals surface area contributed by atoms with E-state index in [1.54, 1.807) is 6.33 Å². The second-order valence-corrected chi connectivity index (χ2v) is 4.97. The van der Waals surface area contributed by atoms with Crippen LogP contribution in [0.1, 0.15) is 12.8 Å². The Morgan fingerprint density at radius 1 is 1.60 bits per heavy atom. The summed E-state index contributed by atoms with van der Waals surface area (Å²) in [4.78, 5) is 10.6. The van der Waals surface area contributed by atoms with Crippen LogP contribution in [0.25, 0.3) is 0 Å². The number of nitrogens with one attached hydrogen (secondary N) is 1. The van der Waals surface area contributed by atoms with Crippen LogP contribution in [0.15, 0.2) is 12.5 Å². The summed E-state index contributed by atoms with van der Waals surface area (Å²) in [6.07, 6.45) is 5.96. The molecule has 1 atom stereocenters. The Morgan fingerprint density at radius 2 is 2.47 bits per heavy atom. The van der Waals surface area contributed by atoms with Crippen LogP contribution in [0.2, 0.25) is 0 Å². The number of aromatic nitrogens is 2. The summed E-state index contributed by atoms with van der Waals surface area (Å²) in [6.45, 7) is 2.20. The molecule has 1 aliphatic rings. The lowest BCUT2D eigenvalue weighted by molar-refractivity contribution is 0.443. The Morgan fingerprint density at radius 3 is 3.13 bits per heavy atom. The van der Waals surface area contributed by atoms with Gasteiger partial charge in [-0.15, -0.1) is 0 Å². The van der Waals surface area contributed by atoms with Crippen LogP contribution in [0, 0.1) is 3.57 Å². The van der Waals surface area contributed by atoms with E-state index in [0.29, 0.717) is 6.04 Å². The summed E-state index contributed by atoms with van der Waals surface area (Å²) in [7, 11) is 2.11. The first kappa shape index (κ1) is 11.1. The summed E-state index contributed by atoms with van der Waals surface area (Å²) in [5.41, 5.74) is 0. The Balaban J connectivity index is 2.12. The molecule has 1 N–H and O–H groups in total. The number of hydrogen-bond acceptors (Lipinski definition) is 4. The molecule has 15 heavy (non-hydrogen) atoms. The Kier molecular flexibility index (Phi) is 3.74. The van der Waals surface area contributed by atoms with Crippen LogP contribution in [0.3, 0.4) is 0 Å². The van der Waals surface area contributed by atoms with E-state index in [4.69, 9.17) is 0 Å².